The molecule has 0 aliphatic rings. The summed E-state index contributed by atoms with van der Waals surface area (Å²) in [7, 11) is 4.94. The van der Waals surface area contributed by atoms with Gasteiger partial charge in [0.1, 0.15) is 0 Å². The number of hydrogen-bond acceptors (Lipinski definition) is 4. The maximum atomic E-state index is 12.2. The van der Waals surface area contributed by atoms with Gasteiger partial charge in [-0.3, -0.25) is 13.9 Å². The number of imidazole rings is 1. The molecule has 0 aliphatic heterocycles. The summed E-state index contributed by atoms with van der Waals surface area (Å²) in [5.74, 6) is 0. The molecule has 0 aromatic carbocycles. The van der Waals surface area contributed by atoms with Crippen LogP contribution in [0.4, 0.5) is 0 Å². The maximum Gasteiger partial charge on any atom is 0.332 e. The number of aryl methyl sites for hydroxylation is 1. The lowest BCUT2D eigenvalue weighted by atomic mass is 10.3. The van der Waals surface area contributed by atoms with E-state index in [0.717, 1.165) is 11.1 Å². The lowest BCUT2D eigenvalue weighted by molar-refractivity contribution is 0.527. The summed E-state index contributed by atoms with van der Waals surface area (Å²) in [4.78, 5) is 28.1. The van der Waals surface area contributed by atoms with Crippen molar-refractivity contribution in [3.8, 4) is 0 Å². The van der Waals surface area contributed by atoms with E-state index >= 15 is 0 Å². The smallest absolute Gasteiger partial charge is 0.321 e. The van der Waals surface area contributed by atoms with Gasteiger partial charge in [-0.1, -0.05) is 0 Å². The van der Waals surface area contributed by atoms with Crippen molar-refractivity contribution < 1.29 is 0 Å². The lowest BCUT2D eigenvalue weighted by Crippen LogP contribution is -2.38. The first-order valence-electron chi connectivity index (χ1n) is 5.76. The van der Waals surface area contributed by atoms with Gasteiger partial charge in [0.25, 0.3) is 5.56 Å². The quantitative estimate of drug-likeness (QED) is 0.776. The van der Waals surface area contributed by atoms with Crippen LogP contribution < -0.4 is 16.6 Å². The first-order chi connectivity index (χ1) is 8.49. The Morgan fingerprint density at radius 3 is 2.61 bits per heavy atom. The van der Waals surface area contributed by atoms with Crippen LogP contribution in [0.3, 0.4) is 0 Å². The molecule has 0 aliphatic carbocycles. The average molecular weight is 251 g/mol. The number of aromatic nitrogens is 4. The highest BCUT2D eigenvalue weighted by atomic mass is 16.2. The van der Waals surface area contributed by atoms with Crippen LogP contribution in [0.15, 0.2) is 15.9 Å². The monoisotopic (exact) mass is 251 g/mol. The fourth-order valence-electron chi connectivity index (χ4n) is 2.09. The van der Waals surface area contributed by atoms with Crippen LogP contribution in [0.2, 0.25) is 0 Å². The van der Waals surface area contributed by atoms with Gasteiger partial charge in [-0.2, -0.15) is 0 Å². The Kier molecular flexibility index (Phi) is 3.08. The zero-order valence-electron chi connectivity index (χ0n) is 11.0. The third kappa shape index (κ3) is 1.67. The van der Waals surface area contributed by atoms with Crippen LogP contribution in [0.5, 0.6) is 0 Å². The molecule has 7 nitrogen and oxygen atoms in total. The van der Waals surface area contributed by atoms with Crippen LogP contribution in [0.25, 0.3) is 11.2 Å². The van der Waals surface area contributed by atoms with E-state index < -0.39 is 0 Å². The second-order valence-corrected chi connectivity index (χ2v) is 4.44. The number of fused-ring (bicyclic) bond motifs is 1. The molecule has 0 fully saturated rings. The fraction of sp³-hybridized carbons (Fsp3) is 0.545. The minimum Gasteiger partial charge on any atom is -0.321 e. The van der Waals surface area contributed by atoms with Gasteiger partial charge in [-0.25, -0.2) is 9.78 Å². The summed E-state index contributed by atoms with van der Waals surface area (Å²) in [6, 6.07) is 0.0882. The number of nitrogens with one attached hydrogen (secondary N) is 1. The molecular formula is C11H17N5O2. The average Bonchev–Trinajstić information content (AvgIpc) is 2.79. The molecule has 2 aromatic heterocycles. The Hall–Kier alpha value is -1.89. The lowest BCUT2D eigenvalue weighted by Gasteiger charge is -2.13. The molecule has 2 rings (SSSR count). The summed E-state index contributed by atoms with van der Waals surface area (Å²) >= 11 is 0. The van der Waals surface area contributed by atoms with Gasteiger partial charge in [-0.15, -0.1) is 0 Å². The zero-order chi connectivity index (χ0) is 13.4. The molecule has 0 amide bonds. The highest BCUT2D eigenvalue weighted by Crippen LogP contribution is 2.11. The van der Waals surface area contributed by atoms with Crippen molar-refractivity contribution in [2.75, 3.05) is 13.6 Å². The number of likely N-dealkylation sites (N-methyl/N-ethyl adjacent to an activating group) is 1. The van der Waals surface area contributed by atoms with Gasteiger partial charge in [0.15, 0.2) is 11.2 Å². The Labute approximate surface area is 104 Å². The van der Waals surface area contributed by atoms with Crippen LogP contribution in [-0.2, 0) is 14.1 Å². The molecular weight excluding hydrogens is 234 g/mol. The van der Waals surface area contributed by atoms with Gasteiger partial charge < -0.3 is 9.88 Å². The second-order valence-electron chi connectivity index (χ2n) is 4.44. The molecule has 18 heavy (non-hydrogen) atoms. The van der Waals surface area contributed by atoms with E-state index in [1.807, 2.05) is 14.0 Å². The molecule has 0 saturated heterocycles. The van der Waals surface area contributed by atoms with Crippen LogP contribution in [-0.4, -0.2) is 32.3 Å². The molecule has 1 N–H and O–H groups in total. The standard InChI is InChI=1S/C11H17N5O2/c1-7(5-12-2)16-6-13-9-8(16)10(17)15(4)11(18)14(9)3/h6-7,12H,5H2,1-4H3. The second kappa shape index (κ2) is 4.41. The van der Waals surface area contributed by atoms with E-state index in [1.165, 1.54) is 11.6 Å². The minimum atomic E-state index is -0.362. The predicted molar refractivity (Wildman–Crippen MR) is 68.9 cm³/mol. The minimum absolute atomic E-state index is 0.0882. The maximum absolute atomic E-state index is 12.2. The molecule has 0 bridgehead atoms. The highest BCUT2D eigenvalue weighted by Gasteiger charge is 2.16. The predicted octanol–water partition coefficient (Wildman–Crippen LogP) is -0.786. The Balaban J connectivity index is 2.82. The van der Waals surface area contributed by atoms with E-state index in [9.17, 15) is 9.59 Å². The van der Waals surface area contributed by atoms with Gasteiger partial charge >= 0.3 is 5.69 Å². The highest BCUT2D eigenvalue weighted by molar-refractivity contribution is 5.70. The van der Waals surface area contributed by atoms with E-state index in [2.05, 4.69) is 10.3 Å². The molecule has 0 saturated carbocycles. The van der Waals surface area contributed by atoms with Crippen LogP contribution in [0, 0.1) is 0 Å². The van der Waals surface area contributed by atoms with Crippen molar-refractivity contribution in [1.82, 2.24) is 24.0 Å². The largest absolute Gasteiger partial charge is 0.332 e. The third-order valence-corrected chi connectivity index (χ3v) is 3.15. The SMILES string of the molecule is CNCC(C)n1cnc2c1c(=O)n(C)c(=O)n2C. The van der Waals surface area contributed by atoms with Crippen molar-refractivity contribution in [2.45, 2.75) is 13.0 Å². The Morgan fingerprint density at radius 2 is 2.00 bits per heavy atom. The first kappa shape index (κ1) is 12.6. The molecule has 0 spiro atoms. The molecule has 1 unspecified atom stereocenters. The van der Waals surface area contributed by atoms with Crippen molar-refractivity contribution in [1.29, 1.82) is 0 Å². The fourth-order valence-corrected chi connectivity index (χ4v) is 2.09. The van der Waals surface area contributed by atoms with Crippen molar-refractivity contribution in [3.63, 3.8) is 0 Å². The van der Waals surface area contributed by atoms with Gasteiger partial charge in [0.2, 0.25) is 0 Å². The van der Waals surface area contributed by atoms with Crippen LogP contribution >= 0.6 is 0 Å². The molecule has 0 radical (unpaired) electrons. The van der Waals surface area contributed by atoms with Gasteiger partial charge in [0, 0.05) is 26.7 Å². The molecule has 1 atom stereocenters. The van der Waals surface area contributed by atoms with Crippen molar-refractivity contribution >= 4 is 11.2 Å². The summed E-state index contributed by atoms with van der Waals surface area (Å²) in [5.41, 5.74) is 0.209. The summed E-state index contributed by atoms with van der Waals surface area (Å²) in [5, 5.41) is 3.05. The van der Waals surface area contributed by atoms with Gasteiger partial charge in [-0.05, 0) is 14.0 Å². The molecule has 2 heterocycles. The molecule has 2 aromatic rings. The molecule has 7 heteroatoms. The van der Waals surface area contributed by atoms with E-state index in [1.54, 1.807) is 17.9 Å². The zero-order valence-corrected chi connectivity index (χ0v) is 11.0. The normalized spacial score (nSPS) is 13.1. The Morgan fingerprint density at radius 1 is 1.33 bits per heavy atom. The first-order valence-corrected chi connectivity index (χ1v) is 5.76. The Bertz CT molecular complexity index is 694. The summed E-state index contributed by atoms with van der Waals surface area (Å²) in [6.07, 6.45) is 1.60. The van der Waals surface area contributed by atoms with E-state index in [0.29, 0.717) is 11.2 Å². The number of nitrogens with zero attached hydrogens (tertiary/aromatic N) is 4. The molecule has 98 valence electrons. The van der Waals surface area contributed by atoms with Crippen molar-refractivity contribution in [2.24, 2.45) is 14.1 Å². The number of rotatable bonds is 3. The third-order valence-electron chi connectivity index (χ3n) is 3.15. The summed E-state index contributed by atoms with van der Waals surface area (Å²) in [6.45, 7) is 2.71. The topological polar surface area (TPSA) is 73.8 Å². The van der Waals surface area contributed by atoms with E-state index in [4.69, 9.17) is 0 Å². The summed E-state index contributed by atoms with van der Waals surface area (Å²) < 4.78 is 4.29. The van der Waals surface area contributed by atoms with Crippen LogP contribution in [0.1, 0.15) is 13.0 Å². The van der Waals surface area contributed by atoms with E-state index in [-0.39, 0.29) is 17.3 Å². The van der Waals surface area contributed by atoms with Crippen molar-refractivity contribution in [3.05, 3.63) is 27.2 Å². The number of hydrogen-bond donors (Lipinski definition) is 1. The van der Waals surface area contributed by atoms with Gasteiger partial charge in [0.05, 0.1) is 6.33 Å².